The summed E-state index contributed by atoms with van der Waals surface area (Å²) in [5, 5.41) is 13.4. The minimum Gasteiger partial charge on any atom is -0.560 e. The molecule has 0 bridgehead atoms. The van der Waals surface area contributed by atoms with Gasteiger partial charge < -0.3 is 10.3 Å². The second kappa shape index (κ2) is 8.88. The number of hydrogen-bond donors (Lipinski definition) is 0. The summed E-state index contributed by atoms with van der Waals surface area (Å²) in [7, 11) is -7.54. The molecule has 0 radical (unpaired) electrons. The maximum atomic E-state index is 10.6. The zero-order valence-electron chi connectivity index (χ0n) is 12.8. The van der Waals surface area contributed by atoms with E-state index in [4.69, 9.17) is 10.3 Å². The zero-order valence-corrected chi connectivity index (χ0v) is 19.9. The summed E-state index contributed by atoms with van der Waals surface area (Å²) < 4.78 is 42.4. The number of aryl methyl sites for hydroxylation is 2. The van der Waals surface area contributed by atoms with Gasteiger partial charge in [0.05, 0.1) is 20.0 Å². The van der Waals surface area contributed by atoms with Gasteiger partial charge in [0.15, 0.2) is 0 Å². The number of benzene rings is 2. The SMILES string of the molecule is Cc1ccc(S([NH-])(=O)=O)cc1.Cc1ccc(S([NH-])(=O)=O)cc1.[Hg+2]. The Morgan fingerprint density at radius 2 is 0.826 bits per heavy atom. The molecular weight excluding hydrogens is 525 g/mol. The second-order valence-corrected chi connectivity index (χ2v) is 7.59. The van der Waals surface area contributed by atoms with Crippen molar-refractivity contribution in [1.29, 1.82) is 0 Å². The predicted molar refractivity (Wildman–Crippen MR) is 85.4 cm³/mol. The van der Waals surface area contributed by atoms with Crippen molar-refractivity contribution in [3.63, 3.8) is 0 Å². The molecule has 0 unspecified atom stereocenters. The van der Waals surface area contributed by atoms with Crippen molar-refractivity contribution >= 4 is 20.0 Å². The van der Waals surface area contributed by atoms with Crippen LogP contribution in [0.1, 0.15) is 11.1 Å². The molecule has 9 heteroatoms. The van der Waals surface area contributed by atoms with Crippen LogP contribution in [-0.2, 0) is 47.7 Å². The third kappa shape index (κ3) is 8.02. The topological polar surface area (TPSA) is 116 Å². The summed E-state index contributed by atoms with van der Waals surface area (Å²) >= 11 is 0. The molecule has 0 saturated heterocycles. The molecule has 0 heterocycles. The summed E-state index contributed by atoms with van der Waals surface area (Å²) in [4.78, 5) is 0.0891. The Balaban J connectivity index is 0.000000403. The Kier molecular flexibility index (Phi) is 8.57. The van der Waals surface area contributed by atoms with Crippen LogP contribution in [0.15, 0.2) is 58.3 Å². The fraction of sp³-hybridized carbons (Fsp3) is 0.143. The Hall–Kier alpha value is -0.805. The first-order valence-electron chi connectivity index (χ1n) is 6.13. The first-order valence-corrected chi connectivity index (χ1v) is 9.09. The van der Waals surface area contributed by atoms with Crippen molar-refractivity contribution in [3.8, 4) is 0 Å². The molecule has 120 valence electrons. The number of hydrogen-bond acceptors (Lipinski definition) is 4. The van der Waals surface area contributed by atoms with Crippen molar-refractivity contribution in [1.82, 2.24) is 0 Å². The van der Waals surface area contributed by atoms with E-state index in [1.165, 1.54) is 24.3 Å². The molecular formula is C14H16HgN2O4S2. The Labute approximate surface area is 157 Å². The van der Waals surface area contributed by atoms with E-state index in [0.29, 0.717) is 0 Å². The van der Waals surface area contributed by atoms with Crippen molar-refractivity contribution in [2.24, 2.45) is 0 Å². The summed E-state index contributed by atoms with van der Waals surface area (Å²) in [6.45, 7) is 3.72. The first kappa shape index (κ1) is 22.2. The van der Waals surface area contributed by atoms with E-state index in [1.54, 1.807) is 24.3 Å². The van der Waals surface area contributed by atoms with Crippen LogP contribution in [0.4, 0.5) is 0 Å². The Bertz CT molecular complexity index is 758. The molecule has 0 aliphatic carbocycles. The van der Waals surface area contributed by atoms with E-state index in [0.717, 1.165) is 11.1 Å². The average molecular weight is 541 g/mol. The fourth-order valence-corrected chi connectivity index (χ4v) is 2.42. The molecule has 0 atom stereocenters. The molecule has 23 heavy (non-hydrogen) atoms. The molecule has 6 nitrogen and oxygen atoms in total. The molecule has 0 aromatic heterocycles. The molecule has 2 aromatic rings. The normalized spacial score (nSPS) is 11.0. The molecule has 0 spiro atoms. The van der Waals surface area contributed by atoms with Gasteiger partial charge in [-0.15, -0.1) is 0 Å². The Morgan fingerprint density at radius 3 is 1.00 bits per heavy atom. The van der Waals surface area contributed by atoms with Crippen LogP contribution in [0.2, 0.25) is 0 Å². The zero-order chi connectivity index (χ0) is 17.0. The van der Waals surface area contributed by atoms with Gasteiger partial charge >= 0.3 is 27.7 Å². The van der Waals surface area contributed by atoms with Gasteiger partial charge in [-0.05, 0) is 38.1 Å². The third-order valence-electron chi connectivity index (χ3n) is 2.66. The molecule has 2 rings (SSSR count). The third-order valence-corrected chi connectivity index (χ3v) is 4.45. The van der Waals surface area contributed by atoms with E-state index < -0.39 is 20.0 Å². The first-order chi connectivity index (χ1) is 10.00. The quantitative estimate of drug-likeness (QED) is 0.542. The van der Waals surface area contributed by atoms with Gasteiger partial charge in [0.25, 0.3) is 0 Å². The van der Waals surface area contributed by atoms with E-state index >= 15 is 0 Å². The van der Waals surface area contributed by atoms with E-state index in [-0.39, 0.29) is 37.5 Å². The molecule has 2 aromatic carbocycles. The van der Waals surface area contributed by atoms with Gasteiger partial charge in [-0.25, -0.2) is 16.8 Å². The van der Waals surface area contributed by atoms with Gasteiger partial charge in [0, 0.05) is 9.79 Å². The van der Waals surface area contributed by atoms with Crippen molar-refractivity contribution < 1.29 is 44.5 Å². The van der Waals surface area contributed by atoms with Crippen molar-refractivity contribution in [2.75, 3.05) is 0 Å². The molecule has 2 N–H and O–H groups in total. The van der Waals surface area contributed by atoms with Crippen molar-refractivity contribution in [3.05, 3.63) is 69.9 Å². The smallest absolute Gasteiger partial charge is 0.560 e. The standard InChI is InChI=1S/2C7H8NO2S.Hg/c2*1-6-2-4-7(5-3-6)11(8,9)10;/h2*2-5H,1H3,(H-,8,9,10);/q2*-1;+2. The predicted octanol–water partition coefficient (Wildman–Crippen LogP) is 3.47. The number of rotatable bonds is 2. The number of sulfonamides is 2. The van der Waals surface area contributed by atoms with E-state index in [1.807, 2.05) is 13.8 Å². The van der Waals surface area contributed by atoms with Crippen LogP contribution >= 0.6 is 0 Å². The number of nitrogens with one attached hydrogen (secondary N) is 2. The monoisotopic (exact) mass is 542 g/mol. The van der Waals surface area contributed by atoms with Crippen LogP contribution in [-0.4, -0.2) is 16.8 Å². The maximum Gasteiger partial charge on any atom is 2.00 e. The minimum atomic E-state index is -3.77. The molecule has 0 aliphatic heterocycles. The van der Waals surface area contributed by atoms with Gasteiger partial charge in [-0.2, -0.15) is 0 Å². The minimum absolute atomic E-state index is 0. The van der Waals surface area contributed by atoms with Gasteiger partial charge in [0.1, 0.15) is 0 Å². The van der Waals surface area contributed by atoms with Gasteiger partial charge in [-0.1, -0.05) is 35.4 Å². The van der Waals surface area contributed by atoms with Crippen LogP contribution in [0.25, 0.3) is 10.3 Å². The van der Waals surface area contributed by atoms with E-state index in [9.17, 15) is 16.8 Å². The summed E-state index contributed by atoms with van der Waals surface area (Å²) in [6, 6.07) is 12.4. The maximum absolute atomic E-state index is 10.6. The summed E-state index contributed by atoms with van der Waals surface area (Å²) in [5.41, 5.74) is 1.97. The molecule has 0 amide bonds. The van der Waals surface area contributed by atoms with Crippen LogP contribution in [0.5, 0.6) is 0 Å². The summed E-state index contributed by atoms with van der Waals surface area (Å²) in [5.74, 6) is 0. The van der Waals surface area contributed by atoms with Crippen LogP contribution in [0, 0.1) is 13.8 Å². The van der Waals surface area contributed by atoms with E-state index in [2.05, 4.69) is 0 Å². The van der Waals surface area contributed by atoms with Crippen molar-refractivity contribution in [2.45, 2.75) is 23.6 Å². The van der Waals surface area contributed by atoms with Crippen LogP contribution < -0.4 is 0 Å². The molecule has 0 aliphatic rings. The largest absolute Gasteiger partial charge is 2.00 e. The molecule has 0 fully saturated rings. The van der Waals surface area contributed by atoms with Gasteiger partial charge in [0.2, 0.25) is 0 Å². The van der Waals surface area contributed by atoms with Gasteiger partial charge in [-0.3, -0.25) is 0 Å². The average Bonchev–Trinajstić information content (AvgIpc) is 2.38. The molecule has 0 saturated carbocycles. The summed E-state index contributed by atoms with van der Waals surface area (Å²) in [6.07, 6.45) is 0. The fourth-order valence-electron chi connectivity index (χ4n) is 1.43. The van der Waals surface area contributed by atoms with Crippen LogP contribution in [0.3, 0.4) is 0 Å². The Morgan fingerprint density at radius 1 is 0.609 bits per heavy atom. The second-order valence-electron chi connectivity index (χ2n) is 4.63.